The summed E-state index contributed by atoms with van der Waals surface area (Å²) in [5, 5.41) is 24.7. The molecule has 0 aliphatic carbocycles. The number of nitrogens with two attached hydrogens (primary N) is 1. The van der Waals surface area contributed by atoms with Gasteiger partial charge in [-0.25, -0.2) is 4.68 Å². The van der Waals surface area contributed by atoms with Gasteiger partial charge in [-0.2, -0.15) is 10.2 Å². The van der Waals surface area contributed by atoms with Gasteiger partial charge in [0.15, 0.2) is 0 Å². The molecule has 3 aromatic rings. The van der Waals surface area contributed by atoms with E-state index >= 15 is 0 Å². The van der Waals surface area contributed by atoms with Gasteiger partial charge in [0, 0.05) is 0 Å². The van der Waals surface area contributed by atoms with Gasteiger partial charge in [0.1, 0.15) is 0 Å². The average molecular weight is 267 g/mol. The summed E-state index contributed by atoms with van der Waals surface area (Å²) in [6.45, 7) is 0. The first-order valence-corrected chi connectivity index (χ1v) is 6.02. The molecule has 0 atom stereocenters. The molecule has 20 heavy (non-hydrogen) atoms. The lowest BCUT2D eigenvalue weighted by Crippen LogP contribution is -2.32. The fourth-order valence-corrected chi connectivity index (χ4v) is 1.98. The van der Waals surface area contributed by atoms with E-state index in [2.05, 4.69) is 5.10 Å². The zero-order chi connectivity index (χ0) is 14.1. The van der Waals surface area contributed by atoms with E-state index in [-0.39, 0.29) is 5.96 Å². The van der Waals surface area contributed by atoms with Crippen molar-refractivity contribution in [2.45, 2.75) is 0 Å². The SMILES string of the molecule is N=C(N(O)c1ccc2ccccc2c1)n1cc(N)cn1. The molecule has 6 nitrogen and oxygen atoms in total. The van der Waals surface area contributed by atoms with Crippen molar-refractivity contribution in [3.8, 4) is 0 Å². The normalized spacial score (nSPS) is 10.7. The molecule has 0 spiro atoms. The Kier molecular flexibility index (Phi) is 2.85. The highest BCUT2D eigenvalue weighted by Gasteiger charge is 2.12. The van der Waals surface area contributed by atoms with Crippen LogP contribution < -0.4 is 10.8 Å². The maximum absolute atomic E-state index is 10.1. The molecule has 1 aromatic heterocycles. The highest BCUT2D eigenvalue weighted by atomic mass is 16.5. The Hall–Kier alpha value is -2.86. The number of rotatable bonds is 1. The van der Waals surface area contributed by atoms with Crippen molar-refractivity contribution in [2.24, 2.45) is 0 Å². The number of anilines is 2. The molecule has 0 saturated carbocycles. The summed E-state index contributed by atoms with van der Waals surface area (Å²) < 4.78 is 1.20. The van der Waals surface area contributed by atoms with Crippen LogP contribution in [0, 0.1) is 5.41 Å². The van der Waals surface area contributed by atoms with Gasteiger partial charge in [0.25, 0.3) is 0 Å². The van der Waals surface area contributed by atoms with Crippen LogP contribution in [0.15, 0.2) is 54.9 Å². The van der Waals surface area contributed by atoms with Crippen LogP contribution in [0.3, 0.4) is 0 Å². The number of hydrogen-bond acceptors (Lipinski definition) is 4. The Morgan fingerprint density at radius 2 is 1.95 bits per heavy atom. The molecule has 0 radical (unpaired) electrons. The minimum absolute atomic E-state index is 0.197. The zero-order valence-electron chi connectivity index (χ0n) is 10.6. The number of nitrogens with one attached hydrogen (secondary N) is 1. The van der Waals surface area contributed by atoms with Crippen molar-refractivity contribution in [3.05, 3.63) is 54.9 Å². The summed E-state index contributed by atoms with van der Waals surface area (Å²) in [6, 6.07) is 13.2. The van der Waals surface area contributed by atoms with E-state index in [0.717, 1.165) is 15.8 Å². The van der Waals surface area contributed by atoms with Crippen LogP contribution in [0.25, 0.3) is 10.8 Å². The predicted molar refractivity (Wildman–Crippen MR) is 78.0 cm³/mol. The summed E-state index contributed by atoms with van der Waals surface area (Å²) in [7, 11) is 0. The molecule has 0 fully saturated rings. The maximum Gasteiger partial charge on any atom is 0.248 e. The first-order chi connectivity index (χ1) is 9.65. The van der Waals surface area contributed by atoms with Crippen LogP contribution in [-0.2, 0) is 0 Å². The van der Waals surface area contributed by atoms with Gasteiger partial charge in [-0.05, 0) is 22.9 Å². The third-order valence-electron chi connectivity index (χ3n) is 3.00. The quantitative estimate of drug-likeness (QED) is 0.358. The molecule has 0 aliphatic rings. The van der Waals surface area contributed by atoms with Gasteiger partial charge in [-0.1, -0.05) is 30.3 Å². The smallest absolute Gasteiger partial charge is 0.248 e. The van der Waals surface area contributed by atoms with Crippen molar-refractivity contribution >= 4 is 28.1 Å². The molecule has 0 unspecified atom stereocenters. The van der Waals surface area contributed by atoms with Crippen LogP contribution >= 0.6 is 0 Å². The van der Waals surface area contributed by atoms with Gasteiger partial charge < -0.3 is 5.73 Å². The largest absolute Gasteiger partial charge is 0.396 e. The highest BCUT2D eigenvalue weighted by molar-refractivity contribution is 5.95. The van der Waals surface area contributed by atoms with E-state index in [9.17, 15) is 5.21 Å². The number of hydroxylamine groups is 1. The molecule has 2 aromatic carbocycles. The fraction of sp³-hybridized carbons (Fsp3) is 0. The van der Waals surface area contributed by atoms with E-state index in [4.69, 9.17) is 11.1 Å². The summed E-state index contributed by atoms with van der Waals surface area (Å²) in [6.07, 6.45) is 2.88. The Labute approximate surface area is 115 Å². The molecule has 0 amide bonds. The van der Waals surface area contributed by atoms with Gasteiger partial charge in [0.05, 0.1) is 23.8 Å². The maximum atomic E-state index is 10.1. The van der Waals surface area contributed by atoms with E-state index < -0.39 is 0 Å². The molecule has 3 rings (SSSR count). The second kappa shape index (κ2) is 4.67. The van der Waals surface area contributed by atoms with Crippen molar-refractivity contribution < 1.29 is 5.21 Å². The summed E-state index contributed by atoms with van der Waals surface area (Å²) in [5.74, 6) is -0.197. The second-order valence-electron chi connectivity index (χ2n) is 4.39. The molecule has 0 aliphatic heterocycles. The van der Waals surface area contributed by atoms with E-state index in [1.54, 1.807) is 12.1 Å². The standard InChI is InChI=1S/C14H13N5O/c15-12-8-17-18(9-12)14(16)19(20)13-6-5-10-3-1-2-4-11(10)7-13/h1-9,16,20H,15H2. The molecule has 6 heteroatoms. The molecule has 1 heterocycles. The van der Waals surface area contributed by atoms with Gasteiger partial charge in [-0.3, -0.25) is 10.6 Å². The molecular formula is C14H13N5O. The van der Waals surface area contributed by atoms with Crippen molar-refractivity contribution in [2.75, 3.05) is 10.8 Å². The van der Waals surface area contributed by atoms with Crippen molar-refractivity contribution in [3.63, 3.8) is 0 Å². The van der Waals surface area contributed by atoms with Crippen LogP contribution in [0.1, 0.15) is 0 Å². The first-order valence-electron chi connectivity index (χ1n) is 6.02. The fourth-order valence-electron chi connectivity index (χ4n) is 1.98. The van der Waals surface area contributed by atoms with E-state index in [1.165, 1.54) is 17.1 Å². The third-order valence-corrected chi connectivity index (χ3v) is 3.00. The van der Waals surface area contributed by atoms with E-state index in [0.29, 0.717) is 11.4 Å². The molecule has 100 valence electrons. The van der Waals surface area contributed by atoms with Crippen LogP contribution in [0.5, 0.6) is 0 Å². The summed E-state index contributed by atoms with van der Waals surface area (Å²) in [5.41, 5.74) is 6.47. The Morgan fingerprint density at radius 1 is 1.20 bits per heavy atom. The summed E-state index contributed by atoms with van der Waals surface area (Å²) >= 11 is 0. The summed E-state index contributed by atoms with van der Waals surface area (Å²) in [4.78, 5) is 0. The number of nitrogens with zero attached hydrogens (tertiary/aromatic N) is 3. The van der Waals surface area contributed by atoms with Crippen LogP contribution in [0.4, 0.5) is 11.4 Å². The monoisotopic (exact) mass is 267 g/mol. The lowest BCUT2D eigenvalue weighted by Gasteiger charge is -2.17. The number of fused-ring (bicyclic) bond motifs is 1. The highest BCUT2D eigenvalue weighted by Crippen LogP contribution is 2.21. The molecule has 0 bridgehead atoms. The van der Waals surface area contributed by atoms with Gasteiger partial charge >= 0.3 is 0 Å². The van der Waals surface area contributed by atoms with Crippen molar-refractivity contribution in [1.82, 2.24) is 9.78 Å². The van der Waals surface area contributed by atoms with Crippen LogP contribution in [0.2, 0.25) is 0 Å². The zero-order valence-corrected chi connectivity index (χ0v) is 10.6. The molecular weight excluding hydrogens is 254 g/mol. The van der Waals surface area contributed by atoms with E-state index in [1.807, 2.05) is 30.3 Å². The Bertz CT molecular complexity index is 780. The number of hydrogen-bond donors (Lipinski definition) is 3. The molecule has 0 saturated heterocycles. The minimum atomic E-state index is -0.197. The average Bonchev–Trinajstić information content (AvgIpc) is 2.92. The minimum Gasteiger partial charge on any atom is -0.396 e. The van der Waals surface area contributed by atoms with Gasteiger partial charge in [0.2, 0.25) is 5.96 Å². The molecule has 4 N–H and O–H groups in total. The lowest BCUT2D eigenvalue weighted by atomic mass is 10.1. The predicted octanol–water partition coefficient (Wildman–Crippen LogP) is 2.30. The topological polar surface area (TPSA) is 91.2 Å². The number of benzene rings is 2. The number of aromatic nitrogens is 2. The second-order valence-corrected chi connectivity index (χ2v) is 4.39. The third kappa shape index (κ3) is 2.08. The number of nitrogen functional groups attached to an aromatic ring is 1. The van der Waals surface area contributed by atoms with Crippen LogP contribution in [-0.4, -0.2) is 20.9 Å². The Balaban J connectivity index is 1.95. The van der Waals surface area contributed by atoms with Crippen molar-refractivity contribution in [1.29, 1.82) is 5.41 Å². The van der Waals surface area contributed by atoms with Gasteiger partial charge in [-0.15, -0.1) is 0 Å². The first kappa shape index (κ1) is 12.2. The Morgan fingerprint density at radius 3 is 2.65 bits per heavy atom. The lowest BCUT2D eigenvalue weighted by molar-refractivity contribution is 0.306.